The van der Waals surface area contributed by atoms with Crippen molar-refractivity contribution in [2.45, 2.75) is 32.8 Å². The zero-order valence-electron chi connectivity index (χ0n) is 17.1. The Morgan fingerprint density at radius 3 is 2.90 bits per heavy atom. The number of ether oxygens (including phenoxy) is 1. The average molecular weight is 410 g/mol. The summed E-state index contributed by atoms with van der Waals surface area (Å²) < 4.78 is 24.7. The van der Waals surface area contributed by atoms with Crippen LogP contribution >= 0.6 is 0 Å². The van der Waals surface area contributed by atoms with Crippen molar-refractivity contribution in [3.63, 3.8) is 0 Å². The molecule has 0 unspecified atom stereocenters. The van der Waals surface area contributed by atoms with Crippen LogP contribution < -0.4 is 0 Å². The number of aromatic nitrogens is 3. The maximum absolute atomic E-state index is 13.6. The second kappa shape index (κ2) is 8.31. The summed E-state index contributed by atoms with van der Waals surface area (Å²) in [6.45, 7) is 6.88. The van der Waals surface area contributed by atoms with E-state index in [1.54, 1.807) is 36.4 Å². The highest BCUT2D eigenvalue weighted by Crippen LogP contribution is 2.27. The predicted molar refractivity (Wildman–Crippen MR) is 107 cm³/mol. The van der Waals surface area contributed by atoms with Gasteiger partial charge in [0.1, 0.15) is 23.2 Å². The Kier molecular flexibility index (Phi) is 5.59. The summed E-state index contributed by atoms with van der Waals surface area (Å²) in [5, 5.41) is 4.05. The van der Waals surface area contributed by atoms with E-state index in [9.17, 15) is 9.18 Å². The second-order valence-electron chi connectivity index (χ2n) is 7.60. The Hall–Kier alpha value is -3.13. The molecule has 1 aliphatic rings. The number of morpholine rings is 1. The quantitative estimate of drug-likeness (QED) is 0.649. The summed E-state index contributed by atoms with van der Waals surface area (Å²) in [7, 11) is 0. The van der Waals surface area contributed by atoms with E-state index in [1.807, 2.05) is 13.8 Å². The lowest BCUT2D eigenvalue weighted by Gasteiger charge is -2.32. The highest BCUT2D eigenvalue weighted by atomic mass is 19.1. The molecule has 7 nitrogen and oxygen atoms in total. The molecule has 0 bridgehead atoms. The van der Waals surface area contributed by atoms with Gasteiger partial charge in [-0.05, 0) is 25.0 Å². The van der Waals surface area contributed by atoms with Crippen LogP contribution in [0.4, 0.5) is 4.39 Å². The number of nitrogens with zero attached hydrogens (tertiary/aromatic N) is 4. The molecular formula is C22H23FN4O3. The summed E-state index contributed by atoms with van der Waals surface area (Å²) in [5.41, 5.74) is 2.96. The topological polar surface area (TPSA) is 81.4 Å². The van der Waals surface area contributed by atoms with Crippen LogP contribution in [0, 0.1) is 12.7 Å². The molecule has 1 saturated heterocycles. The molecule has 1 aromatic carbocycles. The second-order valence-corrected chi connectivity index (χ2v) is 7.60. The number of carbonyl (C=O) groups excluding carboxylic acids is 1. The van der Waals surface area contributed by atoms with Gasteiger partial charge in [-0.15, -0.1) is 0 Å². The van der Waals surface area contributed by atoms with Gasteiger partial charge in [0.05, 0.1) is 42.6 Å². The summed E-state index contributed by atoms with van der Waals surface area (Å²) in [6, 6.07) is 6.20. The Morgan fingerprint density at radius 1 is 1.30 bits per heavy atom. The zero-order chi connectivity index (χ0) is 21.3. The average Bonchev–Trinajstić information content (AvgIpc) is 3.15. The molecule has 156 valence electrons. The number of halogens is 1. The molecule has 8 heteroatoms. The fourth-order valence-electron chi connectivity index (χ4n) is 3.54. The van der Waals surface area contributed by atoms with Gasteiger partial charge in [-0.25, -0.2) is 9.37 Å². The lowest BCUT2D eigenvalue weighted by atomic mass is 10.0. The van der Waals surface area contributed by atoms with Crippen LogP contribution in [-0.2, 0) is 4.74 Å². The highest BCUT2D eigenvalue weighted by Gasteiger charge is 2.31. The highest BCUT2D eigenvalue weighted by molar-refractivity contribution is 5.96. The first-order valence-corrected chi connectivity index (χ1v) is 9.89. The maximum Gasteiger partial charge on any atom is 0.259 e. The minimum atomic E-state index is -0.425. The minimum absolute atomic E-state index is 0.0760. The molecule has 0 saturated carbocycles. The molecule has 0 radical (unpaired) electrons. The Balaban J connectivity index is 1.57. The fourth-order valence-corrected chi connectivity index (χ4v) is 3.54. The van der Waals surface area contributed by atoms with E-state index in [0.29, 0.717) is 53.7 Å². The minimum Gasteiger partial charge on any atom is -0.368 e. The van der Waals surface area contributed by atoms with E-state index in [2.05, 4.69) is 15.1 Å². The molecule has 30 heavy (non-hydrogen) atoms. The van der Waals surface area contributed by atoms with E-state index in [1.165, 1.54) is 12.1 Å². The third-order valence-corrected chi connectivity index (χ3v) is 5.11. The van der Waals surface area contributed by atoms with Crippen molar-refractivity contribution in [2.24, 2.45) is 0 Å². The van der Waals surface area contributed by atoms with Gasteiger partial charge in [0.2, 0.25) is 0 Å². The number of rotatable bonds is 4. The van der Waals surface area contributed by atoms with Crippen molar-refractivity contribution < 1.29 is 18.4 Å². The molecule has 1 aliphatic heterocycles. The van der Waals surface area contributed by atoms with Gasteiger partial charge in [0.25, 0.3) is 5.91 Å². The van der Waals surface area contributed by atoms with E-state index in [4.69, 9.17) is 9.26 Å². The third kappa shape index (κ3) is 3.95. The molecule has 1 amide bonds. The van der Waals surface area contributed by atoms with E-state index < -0.39 is 6.10 Å². The molecule has 0 aliphatic carbocycles. The van der Waals surface area contributed by atoms with E-state index >= 15 is 0 Å². The number of hydrogen-bond donors (Lipinski definition) is 0. The number of aryl methyl sites for hydroxylation is 1. The van der Waals surface area contributed by atoms with Gasteiger partial charge in [0.15, 0.2) is 0 Å². The first kappa shape index (κ1) is 20.2. The lowest BCUT2D eigenvalue weighted by Crippen LogP contribution is -2.43. The number of carbonyl (C=O) groups is 1. The van der Waals surface area contributed by atoms with Crippen LogP contribution in [0.5, 0.6) is 0 Å². The van der Waals surface area contributed by atoms with Crippen molar-refractivity contribution in [3.8, 4) is 11.3 Å². The van der Waals surface area contributed by atoms with Crippen LogP contribution in [0.15, 0.2) is 41.2 Å². The SMILES string of the molecule is Cc1onc(C(C)C)c1C(=O)N1CCO[C@H](c2cncc(-c3cccc(F)c3)n2)C1. The fraction of sp³-hybridized carbons (Fsp3) is 0.364. The van der Waals surface area contributed by atoms with Gasteiger partial charge in [0, 0.05) is 12.1 Å². The third-order valence-electron chi connectivity index (χ3n) is 5.11. The largest absolute Gasteiger partial charge is 0.368 e. The molecule has 3 heterocycles. The smallest absolute Gasteiger partial charge is 0.259 e. The van der Waals surface area contributed by atoms with Crippen LogP contribution in [-0.4, -0.2) is 45.6 Å². The molecule has 0 N–H and O–H groups in total. The van der Waals surface area contributed by atoms with E-state index in [0.717, 1.165) is 0 Å². The summed E-state index contributed by atoms with van der Waals surface area (Å²) in [5.74, 6) is 0.127. The Morgan fingerprint density at radius 2 is 2.13 bits per heavy atom. The molecule has 2 aromatic heterocycles. The molecule has 4 rings (SSSR count). The summed E-state index contributed by atoms with van der Waals surface area (Å²) in [4.78, 5) is 23.8. The predicted octanol–water partition coefficient (Wildman–Crippen LogP) is 3.92. The van der Waals surface area contributed by atoms with Crippen molar-refractivity contribution in [1.29, 1.82) is 0 Å². The molecular weight excluding hydrogens is 387 g/mol. The summed E-state index contributed by atoms with van der Waals surface area (Å²) in [6.07, 6.45) is 2.77. The van der Waals surface area contributed by atoms with Gasteiger partial charge < -0.3 is 14.2 Å². The van der Waals surface area contributed by atoms with Crippen LogP contribution in [0.25, 0.3) is 11.3 Å². The number of amides is 1. The van der Waals surface area contributed by atoms with Gasteiger partial charge in [-0.2, -0.15) is 0 Å². The van der Waals surface area contributed by atoms with Gasteiger partial charge >= 0.3 is 0 Å². The summed E-state index contributed by atoms with van der Waals surface area (Å²) >= 11 is 0. The Bertz CT molecular complexity index is 1070. The van der Waals surface area contributed by atoms with Crippen molar-refractivity contribution in [1.82, 2.24) is 20.0 Å². The number of benzene rings is 1. The number of hydrogen-bond acceptors (Lipinski definition) is 6. The molecule has 0 spiro atoms. The van der Waals surface area contributed by atoms with Crippen molar-refractivity contribution >= 4 is 5.91 Å². The first-order valence-electron chi connectivity index (χ1n) is 9.89. The first-order chi connectivity index (χ1) is 14.4. The van der Waals surface area contributed by atoms with Gasteiger partial charge in [-0.1, -0.05) is 31.1 Å². The lowest BCUT2D eigenvalue weighted by molar-refractivity contribution is -0.0249. The van der Waals surface area contributed by atoms with Crippen molar-refractivity contribution in [3.05, 3.63) is 65.2 Å². The van der Waals surface area contributed by atoms with E-state index in [-0.39, 0.29) is 17.6 Å². The molecule has 1 atom stereocenters. The standard InChI is InChI=1S/C22H23FN4O3/c1-13(2)21-20(14(3)30-26-21)22(28)27-7-8-29-19(12-27)18-11-24-10-17(25-18)15-5-4-6-16(23)9-15/h4-6,9-11,13,19H,7-8,12H2,1-3H3/t19-/m0/s1. The maximum atomic E-state index is 13.6. The normalized spacial score (nSPS) is 16.8. The van der Waals surface area contributed by atoms with Crippen LogP contribution in [0.3, 0.4) is 0 Å². The Labute approximate surface area is 173 Å². The molecule has 1 fully saturated rings. The van der Waals surface area contributed by atoms with Crippen LogP contribution in [0.2, 0.25) is 0 Å². The monoisotopic (exact) mass is 410 g/mol. The van der Waals surface area contributed by atoms with Crippen LogP contribution in [0.1, 0.15) is 53.4 Å². The van der Waals surface area contributed by atoms with Crippen molar-refractivity contribution in [2.75, 3.05) is 19.7 Å². The van der Waals surface area contributed by atoms with Gasteiger partial charge in [-0.3, -0.25) is 9.78 Å². The molecule has 3 aromatic rings. The zero-order valence-corrected chi connectivity index (χ0v) is 17.1.